The van der Waals surface area contributed by atoms with Gasteiger partial charge in [0.05, 0.1) is 19.3 Å². The highest BCUT2D eigenvalue weighted by atomic mass is 16.5. The molecule has 0 fully saturated rings. The minimum Gasteiger partial charge on any atom is -0.495 e. The van der Waals surface area contributed by atoms with Gasteiger partial charge in [-0.25, -0.2) is 0 Å². The van der Waals surface area contributed by atoms with Crippen molar-refractivity contribution in [3.63, 3.8) is 0 Å². The maximum atomic E-state index is 12.5. The minimum absolute atomic E-state index is 0.0299. The van der Waals surface area contributed by atoms with Gasteiger partial charge in [-0.2, -0.15) is 0 Å². The highest BCUT2D eigenvalue weighted by Gasteiger charge is 2.16. The molecule has 0 heterocycles. The molecule has 4 nitrogen and oxygen atoms in total. The number of para-hydroxylation sites is 1. The Hall–Kier alpha value is -2.49. The van der Waals surface area contributed by atoms with Gasteiger partial charge < -0.3 is 15.4 Å². The van der Waals surface area contributed by atoms with Gasteiger partial charge in [-0.1, -0.05) is 52.0 Å². The number of nitrogens with one attached hydrogen (secondary N) is 2. The Balaban J connectivity index is 2.12. The topological polar surface area (TPSA) is 50.4 Å². The van der Waals surface area contributed by atoms with Crippen LogP contribution in [0.2, 0.25) is 0 Å². The molecule has 140 valence electrons. The average Bonchev–Trinajstić information content (AvgIpc) is 2.60. The molecule has 2 aromatic rings. The smallest absolute Gasteiger partial charge is 0.243 e. The first-order valence-electron chi connectivity index (χ1n) is 9.07. The lowest BCUT2D eigenvalue weighted by atomic mass is 9.87. The fourth-order valence-corrected chi connectivity index (χ4v) is 2.87. The summed E-state index contributed by atoms with van der Waals surface area (Å²) in [5.74, 6) is 0.660. The zero-order valence-corrected chi connectivity index (χ0v) is 16.7. The summed E-state index contributed by atoms with van der Waals surface area (Å²) >= 11 is 0. The van der Waals surface area contributed by atoms with E-state index >= 15 is 0 Å². The normalized spacial score (nSPS) is 11.2. The van der Waals surface area contributed by atoms with Crippen molar-refractivity contribution in [3.8, 4) is 5.75 Å². The van der Waals surface area contributed by atoms with Gasteiger partial charge in [-0.3, -0.25) is 4.79 Å². The highest BCUT2D eigenvalue weighted by molar-refractivity contribution is 5.95. The number of carbonyl (C=O) groups excluding carboxylic acids is 1. The molecule has 4 heteroatoms. The van der Waals surface area contributed by atoms with Crippen molar-refractivity contribution >= 4 is 17.3 Å². The second-order valence-electron chi connectivity index (χ2n) is 7.53. The maximum Gasteiger partial charge on any atom is 0.243 e. The number of ether oxygens (including phenoxy) is 1. The van der Waals surface area contributed by atoms with E-state index in [0.717, 1.165) is 34.7 Å². The first kappa shape index (κ1) is 19.8. The Labute approximate surface area is 157 Å². The van der Waals surface area contributed by atoms with E-state index in [1.807, 2.05) is 31.2 Å². The lowest BCUT2D eigenvalue weighted by Crippen LogP contribution is -2.23. The molecule has 2 N–H and O–H groups in total. The first-order chi connectivity index (χ1) is 12.3. The monoisotopic (exact) mass is 354 g/mol. The van der Waals surface area contributed by atoms with Crippen LogP contribution in [0.4, 0.5) is 11.4 Å². The van der Waals surface area contributed by atoms with E-state index in [1.54, 1.807) is 7.11 Å². The molecule has 0 unspecified atom stereocenters. The van der Waals surface area contributed by atoms with Crippen molar-refractivity contribution in [3.05, 3.63) is 53.1 Å². The summed E-state index contributed by atoms with van der Waals surface area (Å²) in [5, 5.41) is 6.26. The molecule has 0 atom stereocenters. The number of aryl methyl sites for hydroxylation is 2. The van der Waals surface area contributed by atoms with Crippen molar-refractivity contribution in [2.75, 3.05) is 24.3 Å². The lowest BCUT2D eigenvalue weighted by molar-refractivity contribution is -0.114. The predicted octanol–water partition coefficient (Wildman–Crippen LogP) is 4.91. The molecule has 0 saturated carbocycles. The Bertz CT molecular complexity index is 776. The summed E-state index contributed by atoms with van der Waals surface area (Å²) in [6, 6.07) is 12.1. The average molecular weight is 354 g/mol. The van der Waals surface area contributed by atoms with E-state index in [1.165, 1.54) is 5.56 Å². The van der Waals surface area contributed by atoms with Crippen LogP contribution in [0.1, 0.15) is 44.4 Å². The van der Waals surface area contributed by atoms with Crippen molar-refractivity contribution in [2.24, 2.45) is 0 Å². The molecule has 2 aromatic carbocycles. The van der Waals surface area contributed by atoms with Crippen LogP contribution in [0.25, 0.3) is 0 Å². The van der Waals surface area contributed by atoms with Crippen LogP contribution in [-0.4, -0.2) is 19.6 Å². The van der Waals surface area contributed by atoms with Crippen LogP contribution >= 0.6 is 0 Å². The van der Waals surface area contributed by atoms with Crippen LogP contribution in [0.3, 0.4) is 0 Å². The molecule has 26 heavy (non-hydrogen) atoms. The summed E-state index contributed by atoms with van der Waals surface area (Å²) in [6.07, 6.45) is 0.881. The molecule has 0 bridgehead atoms. The molecule has 0 aliphatic rings. The summed E-state index contributed by atoms with van der Waals surface area (Å²) < 4.78 is 5.42. The van der Waals surface area contributed by atoms with Crippen LogP contribution in [-0.2, 0) is 16.6 Å². The van der Waals surface area contributed by atoms with Gasteiger partial charge in [-0.15, -0.1) is 0 Å². The molecule has 2 rings (SSSR count). The molecule has 0 spiro atoms. The highest BCUT2D eigenvalue weighted by Crippen LogP contribution is 2.31. The first-order valence-corrected chi connectivity index (χ1v) is 9.07. The predicted molar refractivity (Wildman–Crippen MR) is 109 cm³/mol. The number of anilines is 2. The Kier molecular flexibility index (Phi) is 6.30. The van der Waals surface area contributed by atoms with Crippen LogP contribution in [0, 0.1) is 6.92 Å². The fraction of sp³-hybridized carbons (Fsp3) is 0.409. The van der Waals surface area contributed by atoms with E-state index in [9.17, 15) is 4.79 Å². The van der Waals surface area contributed by atoms with E-state index in [-0.39, 0.29) is 17.9 Å². The Morgan fingerprint density at radius 1 is 1.15 bits per heavy atom. The number of methoxy groups -OCH3 is 1. The lowest BCUT2D eigenvalue weighted by Gasteiger charge is -2.21. The third kappa shape index (κ3) is 4.78. The quantitative estimate of drug-likeness (QED) is 0.774. The van der Waals surface area contributed by atoms with Gasteiger partial charge in [0, 0.05) is 5.69 Å². The zero-order chi connectivity index (χ0) is 19.3. The Morgan fingerprint density at radius 3 is 2.50 bits per heavy atom. The van der Waals surface area contributed by atoms with Crippen molar-refractivity contribution in [2.45, 2.75) is 46.5 Å². The van der Waals surface area contributed by atoms with Gasteiger partial charge in [0.1, 0.15) is 5.75 Å². The van der Waals surface area contributed by atoms with Gasteiger partial charge in [0.15, 0.2) is 0 Å². The van der Waals surface area contributed by atoms with Crippen molar-refractivity contribution in [1.82, 2.24) is 0 Å². The SMILES string of the molecule is CCc1cccc(C)c1NC(=O)CNc1cc(C(C)(C)C)ccc1OC. The third-order valence-electron chi connectivity index (χ3n) is 4.51. The standard InChI is InChI=1S/C22H30N2O2/c1-7-16-10-8-9-15(2)21(16)24-20(25)14-23-18-13-17(22(3,4)5)11-12-19(18)26-6/h8-13,23H,7,14H2,1-6H3,(H,24,25). The number of carbonyl (C=O) groups is 1. The van der Waals surface area contributed by atoms with Crippen LogP contribution in [0.5, 0.6) is 5.75 Å². The van der Waals surface area contributed by atoms with Crippen molar-refractivity contribution < 1.29 is 9.53 Å². The van der Waals surface area contributed by atoms with Gasteiger partial charge >= 0.3 is 0 Å². The Morgan fingerprint density at radius 2 is 1.88 bits per heavy atom. The number of hydrogen-bond donors (Lipinski definition) is 2. The minimum atomic E-state index is -0.0720. The second kappa shape index (κ2) is 8.26. The van der Waals surface area contributed by atoms with Crippen LogP contribution in [0.15, 0.2) is 36.4 Å². The van der Waals surface area contributed by atoms with E-state index in [2.05, 4.69) is 50.5 Å². The van der Waals surface area contributed by atoms with Crippen LogP contribution < -0.4 is 15.4 Å². The fourth-order valence-electron chi connectivity index (χ4n) is 2.87. The van der Waals surface area contributed by atoms with Gasteiger partial charge in [0.2, 0.25) is 5.91 Å². The molecule has 0 aromatic heterocycles. The zero-order valence-electron chi connectivity index (χ0n) is 16.7. The molecule has 1 amide bonds. The van der Waals surface area contributed by atoms with E-state index < -0.39 is 0 Å². The number of hydrogen-bond acceptors (Lipinski definition) is 3. The summed E-state index contributed by atoms with van der Waals surface area (Å²) in [4.78, 5) is 12.5. The number of rotatable bonds is 6. The molecule has 0 saturated heterocycles. The molecule has 0 radical (unpaired) electrons. The van der Waals surface area contributed by atoms with Gasteiger partial charge in [0.25, 0.3) is 0 Å². The third-order valence-corrected chi connectivity index (χ3v) is 4.51. The summed E-state index contributed by atoms with van der Waals surface area (Å²) in [6.45, 7) is 10.8. The van der Waals surface area contributed by atoms with Crippen molar-refractivity contribution in [1.29, 1.82) is 0 Å². The van der Waals surface area contributed by atoms with E-state index in [0.29, 0.717) is 0 Å². The molecular weight excluding hydrogens is 324 g/mol. The number of benzene rings is 2. The largest absolute Gasteiger partial charge is 0.495 e. The van der Waals surface area contributed by atoms with E-state index in [4.69, 9.17) is 4.74 Å². The molecule has 0 aliphatic carbocycles. The maximum absolute atomic E-state index is 12.5. The second-order valence-corrected chi connectivity index (χ2v) is 7.53. The van der Waals surface area contributed by atoms with Gasteiger partial charge in [-0.05, 0) is 47.6 Å². The number of amides is 1. The summed E-state index contributed by atoms with van der Waals surface area (Å²) in [7, 11) is 1.64. The molecule has 0 aliphatic heterocycles. The summed E-state index contributed by atoms with van der Waals surface area (Å²) in [5.41, 5.74) is 5.18. The molecular formula is C22H30N2O2.